The molecule has 2 unspecified atom stereocenters. The molecule has 1 saturated heterocycles. The summed E-state index contributed by atoms with van der Waals surface area (Å²) in [4.78, 5) is 0. The number of hydrogen-bond donors (Lipinski definition) is 1. The summed E-state index contributed by atoms with van der Waals surface area (Å²) >= 11 is 0. The van der Waals surface area contributed by atoms with Crippen LogP contribution in [0.1, 0.15) is 51.9 Å². The quantitative estimate of drug-likeness (QED) is 0.755. The Balaban J connectivity index is 1.84. The van der Waals surface area contributed by atoms with Crippen molar-refractivity contribution in [3.63, 3.8) is 0 Å². The highest BCUT2D eigenvalue weighted by atomic mass is 16.5. The summed E-state index contributed by atoms with van der Waals surface area (Å²) in [6.07, 6.45) is 9.42. The lowest BCUT2D eigenvalue weighted by molar-refractivity contribution is -0.0891. The Bertz CT molecular complexity index is 195. The van der Waals surface area contributed by atoms with E-state index in [4.69, 9.17) is 4.74 Å². The Morgan fingerprint density at radius 3 is 2.73 bits per heavy atom. The Morgan fingerprint density at radius 1 is 1.40 bits per heavy atom. The standard InChI is InChI=1S/C13H25NO/c1-13(9-3-4-10-15-13)12(14-2)8-7-11-5-6-11/h11-12,14H,3-10H2,1-2H3. The molecule has 0 amide bonds. The minimum Gasteiger partial charge on any atom is -0.374 e. The molecule has 1 N–H and O–H groups in total. The summed E-state index contributed by atoms with van der Waals surface area (Å²) in [6, 6.07) is 0.554. The Kier molecular flexibility index (Phi) is 3.68. The first-order valence-electron chi connectivity index (χ1n) is 6.56. The van der Waals surface area contributed by atoms with Gasteiger partial charge in [0.2, 0.25) is 0 Å². The molecule has 0 aromatic heterocycles. The molecule has 1 aliphatic carbocycles. The van der Waals surface area contributed by atoms with Crippen LogP contribution >= 0.6 is 0 Å². The molecule has 0 aromatic carbocycles. The monoisotopic (exact) mass is 211 g/mol. The lowest BCUT2D eigenvalue weighted by Gasteiger charge is -2.40. The molecule has 0 aromatic rings. The fourth-order valence-corrected chi connectivity index (χ4v) is 2.79. The molecule has 1 saturated carbocycles. The van der Waals surface area contributed by atoms with Gasteiger partial charge in [-0.25, -0.2) is 0 Å². The van der Waals surface area contributed by atoms with Crippen LogP contribution < -0.4 is 5.32 Å². The van der Waals surface area contributed by atoms with Crippen molar-refractivity contribution in [3.05, 3.63) is 0 Å². The van der Waals surface area contributed by atoms with Gasteiger partial charge in [0.05, 0.1) is 5.60 Å². The third-order valence-electron chi connectivity index (χ3n) is 4.15. The molecular formula is C13H25NO. The van der Waals surface area contributed by atoms with Crippen LogP contribution in [0.2, 0.25) is 0 Å². The van der Waals surface area contributed by atoms with Gasteiger partial charge in [0.25, 0.3) is 0 Å². The van der Waals surface area contributed by atoms with Crippen molar-refractivity contribution in [2.75, 3.05) is 13.7 Å². The van der Waals surface area contributed by atoms with Crippen LogP contribution in [0.25, 0.3) is 0 Å². The molecule has 2 aliphatic rings. The lowest BCUT2D eigenvalue weighted by Crippen LogP contribution is -2.51. The molecule has 2 fully saturated rings. The van der Waals surface area contributed by atoms with Crippen molar-refractivity contribution in [2.24, 2.45) is 5.92 Å². The highest BCUT2D eigenvalue weighted by molar-refractivity contribution is 4.91. The average molecular weight is 211 g/mol. The highest BCUT2D eigenvalue weighted by Crippen LogP contribution is 2.36. The summed E-state index contributed by atoms with van der Waals surface area (Å²) in [5.74, 6) is 1.04. The second kappa shape index (κ2) is 4.84. The van der Waals surface area contributed by atoms with E-state index in [0.717, 1.165) is 12.5 Å². The van der Waals surface area contributed by atoms with Crippen molar-refractivity contribution in [2.45, 2.75) is 63.5 Å². The van der Waals surface area contributed by atoms with Crippen molar-refractivity contribution < 1.29 is 4.74 Å². The molecule has 2 heteroatoms. The first-order valence-corrected chi connectivity index (χ1v) is 6.56. The summed E-state index contributed by atoms with van der Waals surface area (Å²) in [5.41, 5.74) is 0.0991. The number of hydrogen-bond acceptors (Lipinski definition) is 2. The van der Waals surface area contributed by atoms with E-state index in [9.17, 15) is 0 Å². The van der Waals surface area contributed by atoms with Gasteiger partial charge in [-0.1, -0.05) is 12.8 Å². The van der Waals surface area contributed by atoms with Crippen molar-refractivity contribution in [1.82, 2.24) is 5.32 Å². The molecule has 1 heterocycles. The fourth-order valence-electron chi connectivity index (χ4n) is 2.79. The Labute approximate surface area is 93.8 Å². The number of ether oxygens (including phenoxy) is 1. The van der Waals surface area contributed by atoms with Crippen LogP contribution in [-0.4, -0.2) is 25.3 Å². The predicted octanol–water partition coefficient (Wildman–Crippen LogP) is 2.72. The van der Waals surface area contributed by atoms with E-state index in [1.807, 2.05) is 0 Å². The normalized spacial score (nSPS) is 34.0. The van der Waals surface area contributed by atoms with E-state index in [1.54, 1.807) is 0 Å². The zero-order valence-corrected chi connectivity index (χ0v) is 10.2. The van der Waals surface area contributed by atoms with Gasteiger partial charge in [0.1, 0.15) is 0 Å². The Morgan fingerprint density at radius 2 is 2.20 bits per heavy atom. The lowest BCUT2D eigenvalue weighted by atomic mass is 9.85. The Hall–Kier alpha value is -0.0800. The molecule has 0 radical (unpaired) electrons. The van der Waals surface area contributed by atoms with E-state index in [0.29, 0.717) is 6.04 Å². The van der Waals surface area contributed by atoms with Crippen LogP contribution in [0.5, 0.6) is 0 Å². The maximum Gasteiger partial charge on any atom is 0.0806 e. The van der Waals surface area contributed by atoms with Crippen LogP contribution in [-0.2, 0) is 4.74 Å². The molecule has 0 bridgehead atoms. The first kappa shape index (κ1) is 11.4. The zero-order chi connectivity index (χ0) is 10.7. The third kappa shape index (κ3) is 2.94. The van der Waals surface area contributed by atoms with Gasteiger partial charge in [-0.3, -0.25) is 0 Å². The van der Waals surface area contributed by atoms with E-state index in [1.165, 1.54) is 44.9 Å². The van der Waals surface area contributed by atoms with Gasteiger partial charge in [-0.05, 0) is 52.0 Å². The smallest absolute Gasteiger partial charge is 0.0806 e. The van der Waals surface area contributed by atoms with E-state index < -0.39 is 0 Å². The molecule has 0 spiro atoms. The van der Waals surface area contributed by atoms with Gasteiger partial charge in [-0.15, -0.1) is 0 Å². The second-order valence-electron chi connectivity index (χ2n) is 5.48. The highest BCUT2D eigenvalue weighted by Gasteiger charge is 2.36. The zero-order valence-electron chi connectivity index (χ0n) is 10.2. The van der Waals surface area contributed by atoms with Gasteiger partial charge >= 0.3 is 0 Å². The number of nitrogens with one attached hydrogen (secondary N) is 1. The third-order valence-corrected chi connectivity index (χ3v) is 4.15. The van der Waals surface area contributed by atoms with Crippen LogP contribution in [0.15, 0.2) is 0 Å². The van der Waals surface area contributed by atoms with Crippen LogP contribution in [0, 0.1) is 5.92 Å². The average Bonchev–Trinajstić information content (AvgIpc) is 3.03. The molecule has 15 heavy (non-hydrogen) atoms. The summed E-state index contributed by atoms with van der Waals surface area (Å²) in [6.45, 7) is 3.25. The van der Waals surface area contributed by atoms with Gasteiger partial charge in [0.15, 0.2) is 0 Å². The fraction of sp³-hybridized carbons (Fsp3) is 1.00. The molecule has 2 atom stereocenters. The maximum absolute atomic E-state index is 6.01. The largest absolute Gasteiger partial charge is 0.374 e. The second-order valence-corrected chi connectivity index (χ2v) is 5.48. The number of likely N-dealkylation sites (N-methyl/N-ethyl adjacent to an activating group) is 1. The molecule has 1 aliphatic heterocycles. The molecule has 88 valence electrons. The summed E-state index contributed by atoms with van der Waals surface area (Å²) in [7, 11) is 2.08. The maximum atomic E-state index is 6.01. The van der Waals surface area contributed by atoms with Crippen LogP contribution in [0.3, 0.4) is 0 Å². The summed E-state index contributed by atoms with van der Waals surface area (Å²) in [5, 5.41) is 3.47. The molecule has 2 rings (SSSR count). The van der Waals surface area contributed by atoms with E-state index in [-0.39, 0.29) is 5.60 Å². The molecule has 2 nitrogen and oxygen atoms in total. The van der Waals surface area contributed by atoms with Gasteiger partial charge in [-0.2, -0.15) is 0 Å². The van der Waals surface area contributed by atoms with Gasteiger partial charge in [0, 0.05) is 12.6 Å². The topological polar surface area (TPSA) is 21.3 Å². The number of rotatable bonds is 5. The minimum atomic E-state index is 0.0991. The van der Waals surface area contributed by atoms with E-state index >= 15 is 0 Å². The van der Waals surface area contributed by atoms with Gasteiger partial charge < -0.3 is 10.1 Å². The molecular weight excluding hydrogens is 186 g/mol. The minimum absolute atomic E-state index is 0.0991. The van der Waals surface area contributed by atoms with E-state index in [2.05, 4.69) is 19.3 Å². The SMILES string of the molecule is CNC(CCC1CC1)C1(C)CCCCO1. The van der Waals surface area contributed by atoms with Crippen molar-refractivity contribution >= 4 is 0 Å². The predicted molar refractivity (Wildman–Crippen MR) is 63.0 cm³/mol. The first-order chi connectivity index (χ1) is 7.24. The van der Waals surface area contributed by atoms with Crippen molar-refractivity contribution in [3.8, 4) is 0 Å². The van der Waals surface area contributed by atoms with Crippen LogP contribution in [0.4, 0.5) is 0 Å². The van der Waals surface area contributed by atoms with Crippen molar-refractivity contribution in [1.29, 1.82) is 0 Å². The summed E-state index contributed by atoms with van der Waals surface area (Å²) < 4.78 is 6.01.